The van der Waals surface area contributed by atoms with Gasteiger partial charge in [0, 0.05) is 16.7 Å². The van der Waals surface area contributed by atoms with Crippen molar-refractivity contribution >= 4 is 17.5 Å². The lowest BCUT2D eigenvalue weighted by molar-refractivity contribution is 0.0969. The molecule has 0 aromatic heterocycles. The molecule has 1 aliphatic rings. The highest BCUT2D eigenvalue weighted by Crippen LogP contribution is 2.38. The van der Waals surface area contributed by atoms with Gasteiger partial charge in [-0.1, -0.05) is 12.1 Å². The lowest BCUT2D eigenvalue weighted by Crippen LogP contribution is -2.24. The van der Waals surface area contributed by atoms with Crippen LogP contribution >= 0.6 is 0 Å². The van der Waals surface area contributed by atoms with Gasteiger partial charge in [-0.05, 0) is 32.0 Å². The van der Waals surface area contributed by atoms with Crippen LogP contribution < -0.4 is 15.2 Å². The van der Waals surface area contributed by atoms with Crippen molar-refractivity contribution in [3.63, 3.8) is 0 Å². The average Bonchev–Trinajstić information content (AvgIpc) is 2.59. The number of hydrogen-bond acceptors (Lipinski definition) is 5. The van der Waals surface area contributed by atoms with Gasteiger partial charge >= 0.3 is 0 Å². The molecule has 0 unspecified atom stereocenters. The summed E-state index contributed by atoms with van der Waals surface area (Å²) in [5.41, 5.74) is 6.17. The number of fused-ring (bicyclic) bond motifs is 2. The van der Waals surface area contributed by atoms with Crippen LogP contribution in [0, 0.1) is 0 Å². The summed E-state index contributed by atoms with van der Waals surface area (Å²) in [7, 11) is 0. The van der Waals surface area contributed by atoms with E-state index in [1.165, 1.54) is 12.1 Å². The van der Waals surface area contributed by atoms with Crippen LogP contribution in [0.5, 0.6) is 11.5 Å². The van der Waals surface area contributed by atoms with Crippen molar-refractivity contribution in [3.8, 4) is 11.5 Å². The first kappa shape index (κ1) is 16.7. The molecule has 0 saturated carbocycles. The molecule has 0 atom stereocenters. The van der Waals surface area contributed by atoms with Crippen LogP contribution in [0.2, 0.25) is 0 Å². The summed E-state index contributed by atoms with van der Waals surface area (Å²) in [6.45, 7) is 4.19. The second-order valence-corrected chi connectivity index (χ2v) is 5.46. The van der Waals surface area contributed by atoms with Gasteiger partial charge < -0.3 is 15.2 Å². The lowest BCUT2D eigenvalue weighted by Gasteiger charge is -2.22. The second kappa shape index (κ2) is 6.39. The largest absolute Gasteiger partial charge is 0.493 e. The lowest BCUT2D eigenvalue weighted by atomic mass is 9.82. The topological polar surface area (TPSA) is 95.7 Å². The zero-order valence-electron chi connectivity index (χ0n) is 13.9. The Hall–Kier alpha value is -3.15. The summed E-state index contributed by atoms with van der Waals surface area (Å²) in [5.74, 6) is -0.907. The predicted octanol–water partition coefficient (Wildman–Crippen LogP) is 2.36. The molecule has 128 valence electrons. The number of ketones is 2. The summed E-state index contributed by atoms with van der Waals surface area (Å²) in [6.07, 6.45) is 0. The zero-order valence-corrected chi connectivity index (χ0v) is 13.9. The normalized spacial score (nSPS) is 12.4. The Kier molecular flexibility index (Phi) is 4.27. The minimum Gasteiger partial charge on any atom is -0.493 e. The van der Waals surface area contributed by atoms with Gasteiger partial charge in [-0.15, -0.1) is 0 Å². The van der Waals surface area contributed by atoms with E-state index in [1.54, 1.807) is 32.0 Å². The Morgan fingerprint density at radius 1 is 0.920 bits per heavy atom. The number of carbonyl (C=O) groups excluding carboxylic acids is 3. The van der Waals surface area contributed by atoms with Crippen LogP contribution in [-0.2, 0) is 0 Å². The zero-order chi connectivity index (χ0) is 18.1. The Balaban J connectivity index is 2.29. The fourth-order valence-electron chi connectivity index (χ4n) is 2.94. The molecule has 0 spiro atoms. The highest BCUT2D eigenvalue weighted by Gasteiger charge is 2.35. The quantitative estimate of drug-likeness (QED) is 0.770. The van der Waals surface area contributed by atoms with Crippen molar-refractivity contribution in [1.82, 2.24) is 0 Å². The minimum absolute atomic E-state index is 0.117. The van der Waals surface area contributed by atoms with Gasteiger partial charge in [0.05, 0.1) is 24.3 Å². The molecule has 1 aliphatic carbocycles. The number of nitrogens with two attached hydrogens (primary N) is 1. The standard InChI is InChI=1S/C19H17NO5/c1-3-24-13-7-5-6-11-15(13)18(22)16-12(17(11)21)8-10(19(20)23)9-14(16)25-4-2/h5-9H,3-4H2,1-2H3,(H2,20,23). The van der Waals surface area contributed by atoms with Crippen LogP contribution in [-0.4, -0.2) is 30.7 Å². The molecule has 2 aromatic carbocycles. The second-order valence-electron chi connectivity index (χ2n) is 5.46. The predicted molar refractivity (Wildman–Crippen MR) is 90.6 cm³/mol. The van der Waals surface area contributed by atoms with E-state index in [4.69, 9.17) is 15.2 Å². The van der Waals surface area contributed by atoms with Gasteiger partial charge in [0.2, 0.25) is 11.7 Å². The minimum atomic E-state index is -0.696. The third kappa shape index (κ3) is 2.65. The fourth-order valence-corrected chi connectivity index (χ4v) is 2.94. The van der Waals surface area contributed by atoms with Crippen LogP contribution in [0.4, 0.5) is 0 Å². The third-order valence-corrected chi connectivity index (χ3v) is 3.96. The molecule has 0 radical (unpaired) electrons. The number of primary amides is 1. The van der Waals surface area contributed by atoms with Crippen molar-refractivity contribution in [3.05, 3.63) is 58.1 Å². The van der Waals surface area contributed by atoms with Crippen LogP contribution in [0.25, 0.3) is 0 Å². The van der Waals surface area contributed by atoms with E-state index in [1.807, 2.05) is 0 Å². The maximum Gasteiger partial charge on any atom is 0.248 e. The van der Waals surface area contributed by atoms with Crippen LogP contribution in [0.15, 0.2) is 30.3 Å². The Bertz CT molecular complexity index is 901. The monoisotopic (exact) mass is 339 g/mol. The summed E-state index contributed by atoms with van der Waals surface area (Å²) in [4.78, 5) is 37.6. The van der Waals surface area contributed by atoms with Crippen LogP contribution in [0.1, 0.15) is 56.0 Å². The van der Waals surface area contributed by atoms with E-state index < -0.39 is 5.91 Å². The van der Waals surface area contributed by atoms with Gasteiger partial charge in [0.25, 0.3) is 0 Å². The molecule has 0 bridgehead atoms. The first-order valence-corrected chi connectivity index (χ1v) is 7.95. The van der Waals surface area contributed by atoms with Crippen molar-refractivity contribution in [2.45, 2.75) is 13.8 Å². The number of carbonyl (C=O) groups is 3. The van der Waals surface area contributed by atoms with Crippen molar-refractivity contribution in [2.75, 3.05) is 13.2 Å². The van der Waals surface area contributed by atoms with E-state index in [2.05, 4.69) is 0 Å². The molecule has 2 N–H and O–H groups in total. The smallest absolute Gasteiger partial charge is 0.248 e. The van der Waals surface area contributed by atoms with Gasteiger partial charge in [0.1, 0.15) is 11.5 Å². The maximum atomic E-state index is 13.1. The molecule has 6 heteroatoms. The van der Waals surface area contributed by atoms with Gasteiger partial charge in [0.15, 0.2) is 5.78 Å². The molecule has 6 nitrogen and oxygen atoms in total. The van der Waals surface area contributed by atoms with Crippen molar-refractivity contribution in [2.24, 2.45) is 5.73 Å². The molecule has 2 aromatic rings. The van der Waals surface area contributed by atoms with Crippen LogP contribution in [0.3, 0.4) is 0 Å². The van der Waals surface area contributed by atoms with E-state index in [9.17, 15) is 14.4 Å². The Morgan fingerprint density at radius 2 is 1.56 bits per heavy atom. The van der Waals surface area contributed by atoms with Crippen molar-refractivity contribution < 1.29 is 23.9 Å². The van der Waals surface area contributed by atoms with E-state index in [0.29, 0.717) is 12.4 Å². The summed E-state index contributed by atoms with van der Waals surface area (Å²) in [5, 5.41) is 0. The molecular formula is C19H17NO5. The number of rotatable bonds is 5. The highest BCUT2D eigenvalue weighted by molar-refractivity contribution is 6.30. The van der Waals surface area contributed by atoms with E-state index in [0.717, 1.165) is 0 Å². The molecule has 0 saturated heterocycles. The molecule has 3 rings (SSSR count). The maximum absolute atomic E-state index is 13.1. The Morgan fingerprint density at radius 3 is 2.20 bits per heavy atom. The van der Waals surface area contributed by atoms with Gasteiger partial charge in [-0.2, -0.15) is 0 Å². The van der Waals surface area contributed by atoms with Gasteiger partial charge in [-0.25, -0.2) is 0 Å². The third-order valence-electron chi connectivity index (χ3n) is 3.96. The molecule has 0 fully saturated rings. The molecule has 0 aliphatic heterocycles. The van der Waals surface area contributed by atoms with Crippen molar-refractivity contribution in [1.29, 1.82) is 0 Å². The highest BCUT2D eigenvalue weighted by atomic mass is 16.5. The Labute approximate surface area is 144 Å². The first-order valence-electron chi connectivity index (χ1n) is 7.95. The van der Waals surface area contributed by atoms with E-state index >= 15 is 0 Å². The summed E-state index contributed by atoms with van der Waals surface area (Å²) >= 11 is 0. The summed E-state index contributed by atoms with van der Waals surface area (Å²) in [6, 6.07) is 7.61. The van der Waals surface area contributed by atoms with Gasteiger partial charge in [-0.3, -0.25) is 14.4 Å². The average molecular weight is 339 g/mol. The first-order chi connectivity index (χ1) is 12.0. The number of amides is 1. The fraction of sp³-hybridized carbons (Fsp3) is 0.211. The molecule has 25 heavy (non-hydrogen) atoms. The summed E-state index contributed by atoms with van der Waals surface area (Å²) < 4.78 is 11.0. The molecular weight excluding hydrogens is 322 g/mol. The number of benzene rings is 2. The number of ether oxygens (including phenoxy) is 2. The SMILES string of the molecule is CCOc1cccc2c1C(=O)c1c(OCC)cc(C(N)=O)cc1C2=O. The molecule has 0 heterocycles. The van der Waals surface area contributed by atoms with E-state index in [-0.39, 0.29) is 51.7 Å². The number of hydrogen-bond donors (Lipinski definition) is 1. The molecule has 1 amide bonds.